The molecule has 6 heteroatoms. The number of aromatic nitrogens is 1. The summed E-state index contributed by atoms with van der Waals surface area (Å²) in [4.78, 5) is 14.7. The van der Waals surface area contributed by atoms with E-state index < -0.39 is 16.6 Å². The molecule has 0 aliphatic rings. The highest BCUT2D eigenvalue weighted by Crippen LogP contribution is 2.33. The first kappa shape index (κ1) is 14.8. The number of nitrogens with zero attached hydrogens (tertiary/aromatic N) is 2. The van der Waals surface area contributed by atoms with Gasteiger partial charge in [-0.2, -0.15) is 0 Å². The quantitative estimate of drug-likeness (QED) is 0.524. The van der Waals surface area contributed by atoms with Gasteiger partial charge in [0.2, 0.25) is 0 Å². The van der Waals surface area contributed by atoms with Crippen molar-refractivity contribution in [3.63, 3.8) is 0 Å². The summed E-state index contributed by atoms with van der Waals surface area (Å²) in [5.41, 5.74) is 0.0152. The molecule has 0 aliphatic carbocycles. The van der Waals surface area contributed by atoms with Crippen molar-refractivity contribution >= 4 is 5.69 Å². The number of nitro groups is 1. The van der Waals surface area contributed by atoms with Gasteiger partial charge >= 0.3 is 0 Å². The molecule has 3 rings (SSSR count). The van der Waals surface area contributed by atoms with Crippen LogP contribution in [0.1, 0.15) is 0 Å². The lowest BCUT2D eigenvalue weighted by Crippen LogP contribution is -1.98. The second kappa shape index (κ2) is 5.92. The Labute approximate surface area is 130 Å². The zero-order valence-corrected chi connectivity index (χ0v) is 11.7. The summed E-state index contributed by atoms with van der Waals surface area (Å²) in [6.07, 6.45) is 1.30. The maximum atomic E-state index is 13.9. The summed E-state index contributed by atoms with van der Waals surface area (Å²) >= 11 is 0. The fourth-order valence-corrected chi connectivity index (χ4v) is 2.30. The number of rotatable bonds is 3. The van der Waals surface area contributed by atoms with Gasteiger partial charge in [0.25, 0.3) is 5.69 Å². The summed E-state index contributed by atoms with van der Waals surface area (Å²) in [6, 6.07) is 12.8. The molecule has 0 radical (unpaired) electrons. The normalized spacial score (nSPS) is 10.5. The fourth-order valence-electron chi connectivity index (χ4n) is 2.30. The summed E-state index contributed by atoms with van der Waals surface area (Å²) in [5.74, 6) is -1.12. The van der Waals surface area contributed by atoms with Crippen molar-refractivity contribution in [2.45, 2.75) is 0 Å². The topological polar surface area (TPSA) is 56.0 Å². The van der Waals surface area contributed by atoms with E-state index in [-0.39, 0.29) is 28.1 Å². The average Bonchev–Trinajstić information content (AvgIpc) is 2.55. The lowest BCUT2D eigenvalue weighted by Gasteiger charge is -2.07. The summed E-state index contributed by atoms with van der Waals surface area (Å²) < 4.78 is 27.7. The van der Waals surface area contributed by atoms with E-state index in [2.05, 4.69) is 4.98 Å². The maximum Gasteiger partial charge on any atom is 0.296 e. The molecule has 1 heterocycles. The Morgan fingerprint density at radius 3 is 2.04 bits per heavy atom. The largest absolute Gasteiger partial charge is 0.296 e. The first-order chi connectivity index (χ1) is 11.1. The molecule has 1 aromatic heterocycles. The van der Waals surface area contributed by atoms with Crippen LogP contribution in [0.2, 0.25) is 0 Å². The highest BCUT2D eigenvalue weighted by Gasteiger charge is 2.21. The third-order valence-corrected chi connectivity index (χ3v) is 3.38. The molecule has 0 fully saturated rings. The molecule has 0 amide bonds. The van der Waals surface area contributed by atoms with E-state index in [9.17, 15) is 18.9 Å². The molecule has 0 spiro atoms. The van der Waals surface area contributed by atoms with Gasteiger partial charge in [0.05, 0.1) is 4.92 Å². The lowest BCUT2D eigenvalue weighted by atomic mass is 10.0. The van der Waals surface area contributed by atoms with E-state index in [1.807, 2.05) is 0 Å². The number of pyridine rings is 1. The van der Waals surface area contributed by atoms with Crippen LogP contribution in [0.3, 0.4) is 0 Å². The first-order valence-electron chi connectivity index (χ1n) is 6.72. The molecular weight excluding hydrogens is 302 g/mol. The Morgan fingerprint density at radius 2 is 1.48 bits per heavy atom. The molecule has 0 saturated heterocycles. The van der Waals surface area contributed by atoms with Gasteiger partial charge in [-0.3, -0.25) is 10.1 Å². The van der Waals surface area contributed by atoms with Crippen LogP contribution in [-0.2, 0) is 0 Å². The van der Waals surface area contributed by atoms with Crippen molar-refractivity contribution in [1.29, 1.82) is 0 Å². The molecular formula is C17H10F2N2O2. The second-order valence-corrected chi connectivity index (χ2v) is 4.81. The summed E-state index contributed by atoms with van der Waals surface area (Å²) in [7, 11) is 0. The molecule has 0 N–H and O–H groups in total. The minimum absolute atomic E-state index is 0.0271. The first-order valence-corrected chi connectivity index (χ1v) is 6.72. The lowest BCUT2D eigenvalue weighted by molar-refractivity contribution is -0.384. The molecule has 2 aromatic carbocycles. The van der Waals surface area contributed by atoms with Crippen LogP contribution in [0.15, 0.2) is 60.8 Å². The van der Waals surface area contributed by atoms with Crippen LogP contribution in [-0.4, -0.2) is 9.91 Å². The number of benzene rings is 2. The Kier molecular flexibility index (Phi) is 3.80. The third kappa shape index (κ3) is 2.78. The smallest absolute Gasteiger partial charge is 0.258 e. The Morgan fingerprint density at radius 1 is 0.913 bits per heavy atom. The molecule has 23 heavy (non-hydrogen) atoms. The Hall–Kier alpha value is -3.15. The van der Waals surface area contributed by atoms with Crippen LogP contribution in [0, 0.1) is 21.7 Å². The average molecular weight is 312 g/mol. The highest BCUT2D eigenvalue weighted by molar-refractivity contribution is 5.75. The third-order valence-electron chi connectivity index (χ3n) is 3.38. The van der Waals surface area contributed by atoms with Gasteiger partial charge in [0, 0.05) is 29.0 Å². The van der Waals surface area contributed by atoms with Gasteiger partial charge in [-0.25, -0.2) is 13.8 Å². The van der Waals surface area contributed by atoms with E-state index in [0.29, 0.717) is 0 Å². The molecule has 3 aromatic rings. The van der Waals surface area contributed by atoms with Gasteiger partial charge in [-0.05, 0) is 18.2 Å². The van der Waals surface area contributed by atoms with Crippen molar-refractivity contribution in [2.24, 2.45) is 0 Å². The van der Waals surface area contributed by atoms with Gasteiger partial charge in [-0.1, -0.05) is 30.3 Å². The van der Waals surface area contributed by atoms with E-state index in [1.54, 1.807) is 12.1 Å². The Bertz CT molecular complexity index is 897. The molecule has 0 aliphatic heterocycles. The summed E-state index contributed by atoms with van der Waals surface area (Å²) in [6.45, 7) is 0. The minimum atomic E-state index is -0.654. The number of hydrogen-bond donors (Lipinski definition) is 0. The van der Waals surface area contributed by atoms with E-state index in [1.165, 1.54) is 48.7 Å². The standard InChI is InChI=1S/C17H10F2N2O2/c18-14-7-3-1-5-12(14)11-9-16(21(22)23)17(20-10-11)13-6-2-4-8-15(13)19/h1-10H. The highest BCUT2D eigenvalue weighted by atomic mass is 19.1. The van der Waals surface area contributed by atoms with E-state index >= 15 is 0 Å². The molecule has 4 nitrogen and oxygen atoms in total. The monoisotopic (exact) mass is 312 g/mol. The van der Waals surface area contributed by atoms with Crippen molar-refractivity contribution < 1.29 is 13.7 Å². The van der Waals surface area contributed by atoms with Crippen LogP contribution >= 0.6 is 0 Å². The predicted octanol–water partition coefficient (Wildman–Crippen LogP) is 4.60. The van der Waals surface area contributed by atoms with Gasteiger partial charge in [0.1, 0.15) is 11.6 Å². The van der Waals surface area contributed by atoms with Crippen LogP contribution in [0.25, 0.3) is 22.4 Å². The van der Waals surface area contributed by atoms with Gasteiger partial charge < -0.3 is 0 Å². The van der Waals surface area contributed by atoms with Crippen molar-refractivity contribution in [3.8, 4) is 22.4 Å². The zero-order chi connectivity index (χ0) is 16.4. The molecule has 114 valence electrons. The zero-order valence-electron chi connectivity index (χ0n) is 11.7. The van der Waals surface area contributed by atoms with Crippen LogP contribution in [0.4, 0.5) is 14.5 Å². The predicted molar refractivity (Wildman–Crippen MR) is 81.7 cm³/mol. The van der Waals surface area contributed by atoms with Crippen molar-refractivity contribution in [2.75, 3.05) is 0 Å². The molecule has 0 saturated carbocycles. The van der Waals surface area contributed by atoms with Gasteiger partial charge in [0.15, 0.2) is 5.69 Å². The van der Waals surface area contributed by atoms with Crippen LogP contribution < -0.4 is 0 Å². The minimum Gasteiger partial charge on any atom is -0.258 e. The molecule has 0 bridgehead atoms. The summed E-state index contributed by atoms with van der Waals surface area (Å²) in [5, 5.41) is 11.3. The van der Waals surface area contributed by atoms with Crippen LogP contribution in [0.5, 0.6) is 0 Å². The SMILES string of the molecule is O=[N+]([O-])c1cc(-c2ccccc2F)cnc1-c1ccccc1F. The number of hydrogen-bond acceptors (Lipinski definition) is 3. The second-order valence-electron chi connectivity index (χ2n) is 4.81. The Balaban J connectivity index is 2.20. The van der Waals surface area contributed by atoms with E-state index in [0.717, 1.165) is 0 Å². The maximum absolute atomic E-state index is 13.9. The molecule has 0 atom stereocenters. The molecule has 0 unspecified atom stereocenters. The van der Waals surface area contributed by atoms with Crippen molar-refractivity contribution in [3.05, 3.63) is 82.5 Å². The fraction of sp³-hybridized carbons (Fsp3) is 0. The van der Waals surface area contributed by atoms with Crippen molar-refractivity contribution in [1.82, 2.24) is 4.98 Å². The number of halogens is 2. The van der Waals surface area contributed by atoms with E-state index in [4.69, 9.17) is 0 Å². The van der Waals surface area contributed by atoms with Gasteiger partial charge in [-0.15, -0.1) is 0 Å².